The molecule has 2 aromatic rings. The Morgan fingerprint density at radius 3 is 2.31 bits per heavy atom. The summed E-state index contributed by atoms with van der Waals surface area (Å²) in [5.41, 5.74) is 1.36. The third-order valence-electron chi connectivity index (χ3n) is 3.90. The molecule has 0 aliphatic carbocycles. The van der Waals surface area contributed by atoms with Gasteiger partial charge in [-0.2, -0.15) is 0 Å². The lowest BCUT2D eigenvalue weighted by Gasteiger charge is -2.27. The predicted octanol–water partition coefficient (Wildman–Crippen LogP) is 5.81. The van der Waals surface area contributed by atoms with Crippen molar-refractivity contribution in [2.75, 3.05) is 0 Å². The maximum Gasteiger partial charge on any atom is 0.262 e. The first kappa shape index (κ1) is 21.7. The van der Waals surface area contributed by atoms with Gasteiger partial charge >= 0.3 is 0 Å². The summed E-state index contributed by atoms with van der Waals surface area (Å²) in [5.74, 6) is 0. The van der Waals surface area contributed by atoms with Crippen LogP contribution in [0.25, 0.3) is 10.9 Å². The molecule has 26 heavy (non-hydrogen) atoms. The SMILES string of the molecule is CC(C)(C)Cn1cc(C(N[S+]([O-])C(C)(C)C)C(F)F)c2ccc(Br)cc21. The number of hydrogen-bond donors (Lipinski definition) is 1. The molecule has 0 radical (unpaired) electrons. The molecule has 2 rings (SSSR count). The smallest absolute Gasteiger partial charge is 0.262 e. The van der Waals surface area contributed by atoms with Crippen LogP contribution in [0, 0.1) is 5.41 Å². The van der Waals surface area contributed by atoms with E-state index in [1.807, 2.05) is 22.8 Å². The molecule has 0 saturated carbocycles. The molecule has 1 aromatic carbocycles. The summed E-state index contributed by atoms with van der Waals surface area (Å²) < 4.78 is 45.1. The first-order valence-electron chi connectivity index (χ1n) is 8.54. The molecular formula is C19H27BrF2N2OS. The highest BCUT2D eigenvalue weighted by Gasteiger charge is 2.35. The Morgan fingerprint density at radius 2 is 1.81 bits per heavy atom. The summed E-state index contributed by atoms with van der Waals surface area (Å²) in [5, 5.41) is 0.751. The molecule has 1 N–H and O–H groups in total. The third-order valence-corrected chi connectivity index (χ3v) is 5.97. The van der Waals surface area contributed by atoms with E-state index in [1.165, 1.54) is 0 Å². The minimum Gasteiger partial charge on any atom is -0.598 e. The van der Waals surface area contributed by atoms with Gasteiger partial charge in [-0.25, -0.2) is 8.78 Å². The number of halogens is 3. The summed E-state index contributed by atoms with van der Waals surface area (Å²) in [6.45, 7) is 12.3. The zero-order chi connectivity index (χ0) is 19.9. The predicted molar refractivity (Wildman–Crippen MR) is 109 cm³/mol. The quantitative estimate of drug-likeness (QED) is 0.586. The molecule has 2 atom stereocenters. The Morgan fingerprint density at radius 1 is 1.19 bits per heavy atom. The molecule has 0 fully saturated rings. The van der Waals surface area contributed by atoms with Crippen molar-refractivity contribution in [2.24, 2.45) is 5.41 Å². The van der Waals surface area contributed by atoms with Crippen molar-refractivity contribution >= 4 is 38.2 Å². The van der Waals surface area contributed by atoms with Crippen LogP contribution in [0.5, 0.6) is 0 Å². The van der Waals surface area contributed by atoms with E-state index in [-0.39, 0.29) is 5.41 Å². The van der Waals surface area contributed by atoms with Crippen molar-refractivity contribution in [1.29, 1.82) is 0 Å². The minimum absolute atomic E-state index is 0.00643. The Hall–Kier alpha value is -0.630. The topological polar surface area (TPSA) is 40.0 Å². The zero-order valence-electron chi connectivity index (χ0n) is 16.1. The van der Waals surface area contributed by atoms with Gasteiger partial charge in [0.1, 0.15) is 10.8 Å². The van der Waals surface area contributed by atoms with E-state index in [0.29, 0.717) is 12.1 Å². The van der Waals surface area contributed by atoms with Gasteiger partial charge in [0.25, 0.3) is 6.43 Å². The lowest BCUT2D eigenvalue weighted by Crippen LogP contribution is -2.43. The van der Waals surface area contributed by atoms with Gasteiger partial charge in [-0.15, -0.1) is 4.72 Å². The molecule has 1 aromatic heterocycles. The first-order chi connectivity index (χ1) is 11.8. The lowest BCUT2D eigenvalue weighted by molar-refractivity contribution is 0.109. The maximum absolute atomic E-state index is 13.9. The van der Waals surface area contributed by atoms with E-state index in [9.17, 15) is 13.3 Å². The largest absolute Gasteiger partial charge is 0.598 e. The molecule has 0 bridgehead atoms. The fourth-order valence-corrected chi connectivity index (χ4v) is 3.89. The van der Waals surface area contributed by atoms with Crippen molar-refractivity contribution in [3.8, 4) is 0 Å². The van der Waals surface area contributed by atoms with E-state index in [0.717, 1.165) is 15.4 Å². The number of hydrogen-bond acceptors (Lipinski definition) is 2. The number of fused-ring (bicyclic) bond motifs is 1. The van der Waals surface area contributed by atoms with Crippen LogP contribution in [0.15, 0.2) is 28.9 Å². The number of nitrogens with one attached hydrogen (secondary N) is 1. The number of alkyl halides is 2. The van der Waals surface area contributed by atoms with Gasteiger partial charge in [0.2, 0.25) is 0 Å². The van der Waals surface area contributed by atoms with Crippen molar-refractivity contribution in [2.45, 2.75) is 65.3 Å². The molecule has 0 spiro atoms. The second-order valence-electron chi connectivity index (χ2n) is 8.75. The van der Waals surface area contributed by atoms with Gasteiger partial charge in [-0.1, -0.05) is 42.8 Å². The first-order valence-corrected chi connectivity index (χ1v) is 10.5. The monoisotopic (exact) mass is 448 g/mol. The van der Waals surface area contributed by atoms with E-state index in [4.69, 9.17) is 0 Å². The Bertz CT molecular complexity index is 765. The van der Waals surface area contributed by atoms with Crippen molar-refractivity contribution in [3.63, 3.8) is 0 Å². The van der Waals surface area contributed by atoms with Gasteiger partial charge in [0.05, 0.1) is 0 Å². The molecule has 146 valence electrons. The number of nitrogens with zero attached hydrogens (tertiary/aromatic N) is 1. The minimum atomic E-state index is -2.67. The van der Waals surface area contributed by atoms with Crippen LogP contribution >= 0.6 is 15.9 Å². The van der Waals surface area contributed by atoms with Crippen LogP contribution < -0.4 is 4.72 Å². The second-order valence-corrected chi connectivity index (χ2v) is 11.7. The fourth-order valence-electron chi connectivity index (χ4n) is 2.73. The van der Waals surface area contributed by atoms with Gasteiger partial charge < -0.3 is 9.12 Å². The number of rotatable bonds is 5. The van der Waals surface area contributed by atoms with Gasteiger partial charge in [0.15, 0.2) is 0 Å². The molecule has 1 heterocycles. The summed E-state index contributed by atoms with van der Waals surface area (Å²) in [6.07, 6.45) is -0.898. The Balaban J connectivity index is 2.55. The van der Waals surface area contributed by atoms with E-state index in [1.54, 1.807) is 27.0 Å². The van der Waals surface area contributed by atoms with Crippen molar-refractivity contribution in [3.05, 3.63) is 34.4 Å². The summed E-state index contributed by atoms with van der Waals surface area (Å²) in [7, 11) is 0. The van der Waals surface area contributed by atoms with Gasteiger partial charge in [-0.3, -0.25) is 0 Å². The normalized spacial score (nSPS) is 15.7. The van der Waals surface area contributed by atoms with Crippen molar-refractivity contribution in [1.82, 2.24) is 9.29 Å². The summed E-state index contributed by atoms with van der Waals surface area (Å²) in [6, 6.07) is 4.33. The average molecular weight is 449 g/mol. The van der Waals surface area contributed by atoms with Crippen molar-refractivity contribution < 1.29 is 13.3 Å². The average Bonchev–Trinajstić information content (AvgIpc) is 2.79. The van der Waals surface area contributed by atoms with Crippen LogP contribution in [-0.2, 0) is 17.9 Å². The highest BCUT2D eigenvalue weighted by molar-refractivity contribution is 9.10. The highest BCUT2D eigenvalue weighted by Crippen LogP contribution is 2.34. The van der Waals surface area contributed by atoms with Gasteiger partial charge in [-0.05, 0) is 38.3 Å². The molecule has 0 aliphatic heterocycles. The van der Waals surface area contributed by atoms with Crippen LogP contribution in [0.1, 0.15) is 53.1 Å². The zero-order valence-corrected chi connectivity index (χ0v) is 18.5. The van der Waals surface area contributed by atoms with Crippen LogP contribution in [0.4, 0.5) is 8.78 Å². The van der Waals surface area contributed by atoms with Crippen LogP contribution in [-0.4, -0.2) is 20.3 Å². The Kier molecular flexibility index (Phi) is 6.48. The molecule has 7 heteroatoms. The highest BCUT2D eigenvalue weighted by atomic mass is 79.9. The maximum atomic E-state index is 13.9. The Labute approximate surface area is 166 Å². The second kappa shape index (κ2) is 7.78. The molecular weight excluding hydrogens is 422 g/mol. The van der Waals surface area contributed by atoms with Crippen LogP contribution in [0.3, 0.4) is 0 Å². The van der Waals surface area contributed by atoms with E-state index in [2.05, 4.69) is 41.4 Å². The molecule has 2 unspecified atom stereocenters. The number of aromatic nitrogens is 1. The molecule has 3 nitrogen and oxygen atoms in total. The number of benzene rings is 1. The summed E-state index contributed by atoms with van der Waals surface area (Å²) in [4.78, 5) is 0. The van der Waals surface area contributed by atoms with Crippen LogP contribution in [0.2, 0.25) is 0 Å². The third kappa shape index (κ3) is 5.21. The lowest BCUT2D eigenvalue weighted by atomic mass is 9.97. The standard InChI is InChI=1S/C19H27BrF2N2OS/c1-18(2,3)11-24-10-14(13-8-7-12(20)9-15(13)24)16(17(21)22)23-26(25)19(4,5)6/h7-10,16-17,23H,11H2,1-6H3. The van der Waals surface area contributed by atoms with E-state index >= 15 is 0 Å². The molecule has 0 saturated heterocycles. The summed E-state index contributed by atoms with van der Waals surface area (Å²) >= 11 is 1.87. The van der Waals surface area contributed by atoms with E-state index < -0.39 is 28.6 Å². The fraction of sp³-hybridized carbons (Fsp3) is 0.579. The molecule has 0 aliphatic rings. The molecule has 0 amide bonds. The van der Waals surface area contributed by atoms with Gasteiger partial charge in [0, 0.05) is 45.0 Å².